The summed E-state index contributed by atoms with van der Waals surface area (Å²) in [5.41, 5.74) is -0.0858. The van der Waals surface area contributed by atoms with E-state index in [1.807, 2.05) is 0 Å². The van der Waals surface area contributed by atoms with Crippen molar-refractivity contribution < 1.29 is 18.7 Å². The molecule has 5 heteroatoms. The van der Waals surface area contributed by atoms with Gasteiger partial charge in [-0.1, -0.05) is 15.9 Å². The third-order valence-electron chi connectivity index (χ3n) is 1.86. The Morgan fingerprint density at radius 2 is 2.25 bits per heavy atom. The number of esters is 1. The molecule has 1 rings (SSSR count). The lowest BCUT2D eigenvalue weighted by Crippen LogP contribution is -2.20. The van der Waals surface area contributed by atoms with Crippen LogP contribution in [0.25, 0.3) is 0 Å². The lowest BCUT2D eigenvalue weighted by Gasteiger charge is -2.12. The van der Waals surface area contributed by atoms with Gasteiger partial charge in [-0.3, -0.25) is 0 Å². The summed E-state index contributed by atoms with van der Waals surface area (Å²) in [7, 11) is 1.50. The fraction of sp³-hybridized carbons (Fsp3) is 0.364. The van der Waals surface area contributed by atoms with Gasteiger partial charge in [0.2, 0.25) is 0 Å². The van der Waals surface area contributed by atoms with E-state index in [0.717, 1.165) is 0 Å². The summed E-state index contributed by atoms with van der Waals surface area (Å²) in [5.74, 6) is -1.29. The molecule has 0 fully saturated rings. The molecule has 0 aliphatic carbocycles. The quantitative estimate of drug-likeness (QED) is 0.800. The summed E-state index contributed by atoms with van der Waals surface area (Å²) in [4.78, 5) is 11.6. The molecule has 1 aromatic carbocycles. The minimum absolute atomic E-state index is 0.0858. The summed E-state index contributed by atoms with van der Waals surface area (Å²) in [6.07, 6.45) is -0.407. The predicted molar refractivity (Wildman–Crippen MR) is 60.9 cm³/mol. The van der Waals surface area contributed by atoms with Crippen LogP contribution in [0, 0.1) is 5.82 Å². The zero-order valence-corrected chi connectivity index (χ0v) is 10.6. The lowest BCUT2D eigenvalue weighted by atomic mass is 10.2. The fourth-order valence-electron chi connectivity index (χ4n) is 1.17. The van der Waals surface area contributed by atoms with Gasteiger partial charge in [0.25, 0.3) is 0 Å². The lowest BCUT2D eigenvalue weighted by molar-refractivity contribution is 0.0116. The number of hydrogen-bond donors (Lipinski definition) is 0. The minimum Gasteiger partial charge on any atom is -0.457 e. The molecular formula is C11H12BrFO3. The molecule has 0 spiro atoms. The Labute approximate surface area is 102 Å². The van der Waals surface area contributed by atoms with Crippen LogP contribution in [0.1, 0.15) is 17.3 Å². The van der Waals surface area contributed by atoms with Crippen LogP contribution in [0.4, 0.5) is 4.39 Å². The Morgan fingerprint density at radius 1 is 1.56 bits per heavy atom. The van der Waals surface area contributed by atoms with Crippen LogP contribution in [0.5, 0.6) is 0 Å². The number of ether oxygens (including phenoxy) is 2. The van der Waals surface area contributed by atoms with Crippen LogP contribution in [0.3, 0.4) is 0 Å². The first kappa shape index (κ1) is 13.1. The maximum absolute atomic E-state index is 13.3. The second-order valence-corrected chi connectivity index (χ2v) is 4.21. The Balaban J connectivity index is 2.76. The van der Waals surface area contributed by atoms with Gasteiger partial charge in [-0.2, -0.15) is 0 Å². The molecule has 0 saturated carbocycles. The predicted octanol–water partition coefficient (Wildman–Crippen LogP) is 2.78. The van der Waals surface area contributed by atoms with E-state index in [1.165, 1.54) is 25.3 Å². The average Bonchev–Trinajstić information content (AvgIpc) is 2.21. The minimum atomic E-state index is -0.691. The molecule has 0 amide bonds. The molecule has 0 aliphatic heterocycles. The van der Waals surface area contributed by atoms with Gasteiger partial charge >= 0.3 is 5.97 Å². The largest absolute Gasteiger partial charge is 0.457 e. The van der Waals surface area contributed by atoms with Gasteiger partial charge in [0, 0.05) is 11.6 Å². The molecule has 0 unspecified atom stereocenters. The number of halogens is 2. The standard InChI is InChI=1S/C11H12BrFO3/c1-7(6-15-2)16-11(14)9-5-8(12)3-4-10(9)13/h3-5,7H,6H2,1-2H3/t7-/m0/s1. The number of benzene rings is 1. The van der Waals surface area contributed by atoms with E-state index in [2.05, 4.69) is 15.9 Å². The van der Waals surface area contributed by atoms with E-state index in [1.54, 1.807) is 6.92 Å². The molecule has 88 valence electrons. The van der Waals surface area contributed by atoms with Crippen molar-refractivity contribution in [3.05, 3.63) is 34.1 Å². The van der Waals surface area contributed by atoms with E-state index < -0.39 is 17.9 Å². The highest BCUT2D eigenvalue weighted by atomic mass is 79.9. The second kappa shape index (κ2) is 5.96. The third-order valence-corrected chi connectivity index (χ3v) is 2.35. The van der Waals surface area contributed by atoms with Crippen molar-refractivity contribution >= 4 is 21.9 Å². The smallest absolute Gasteiger partial charge is 0.341 e. The van der Waals surface area contributed by atoms with Crippen molar-refractivity contribution in [1.29, 1.82) is 0 Å². The molecule has 1 atom stereocenters. The Bertz CT molecular complexity index is 381. The molecule has 1 aromatic rings. The zero-order valence-electron chi connectivity index (χ0n) is 9.00. The molecule has 0 saturated heterocycles. The van der Waals surface area contributed by atoms with Crippen molar-refractivity contribution in [2.75, 3.05) is 13.7 Å². The maximum atomic E-state index is 13.3. The summed E-state index contributed by atoms with van der Waals surface area (Å²) in [6.45, 7) is 1.96. The second-order valence-electron chi connectivity index (χ2n) is 3.30. The molecule has 0 aromatic heterocycles. The van der Waals surface area contributed by atoms with Crippen molar-refractivity contribution in [1.82, 2.24) is 0 Å². The molecular weight excluding hydrogens is 279 g/mol. The summed E-state index contributed by atoms with van der Waals surface area (Å²) < 4.78 is 23.7. The van der Waals surface area contributed by atoms with Crippen LogP contribution in [0.15, 0.2) is 22.7 Å². The normalized spacial score (nSPS) is 12.2. The maximum Gasteiger partial charge on any atom is 0.341 e. The molecule has 0 N–H and O–H groups in total. The number of carbonyl (C=O) groups excluding carboxylic acids is 1. The van der Waals surface area contributed by atoms with E-state index in [-0.39, 0.29) is 12.2 Å². The van der Waals surface area contributed by atoms with E-state index >= 15 is 0 Å². The van der Waals surface area contributed by atoms with Gasteiger partial charge in [-0.25, -0.2) is 9.18 Å². The first-order chi connectivity index (χ1) is 7.54. The monoisotopic (exact) mass is 290 g/mol. The average molecular weight is 291 g/mol. The molecule has 0 aliphatic rings. The third kappa shape index (κ3) is 3.57. The number of hydrogen-bond acceptors (Lipinski definition) is 3. The van der Waals surface area contributed by atoms with Gasteiger partial charge < -0.3 is 9.47 Å². The van der Waals surface area contributed by atoms with Gasteiger partial charge in [-0.05, 0) is 25.1 Å². The van der Waals surface area contributed by atoms with Crippen LogP contribution < -0.4 is 0 Å². The summed E-state index contributed by atoms with van der Waals surface area (Å²) >= 11 is 3.16. The van der Waals surface area contributed by atoms with Crippen molar-refractivity contribution in [3.63, 3.8) is 0 Å². The highest BCUT2D eigenvalue weighted by molar-refractivity contribution is 9.10. The van der Waals surface area contributed by atoms with E-state index in [4.69, 9.17) is 9.47 Å². The number of methoxy groups -OCH3 is 1. The van der Waals surface area contributed by atoms with Crippen LogP contribution in [-0.4, -0.2) is 25.8 Å². The van der Waals surface area contributed by atoms with Gasteiger partial charge in [0.15, 0.2) is 0 Å². The molecule has 16 heavy (non-hydrogen) atoms. The highest BCUT2D eigenvalue weighted by Crippen LogP contribution is 2.16. The first-order valence-corrected chi connectivity index (χ1v) is 5.49. The first-order valence-electron chi connectivity index (χ1n) is 4.69. The Kier molecular flexibility index (Phi) is 4.89. The van der Waals surface area contributed by atoms with Crippen molar-refractivity contribution in [2.24, 2.45) is 0 Å². The zero-order chi connectivity index (χ0) is 12.1. The molecule has 3 nitrogen and oxygen atoms in total. The van der Waals surface area contributed by atoms with Crippen molar-refractivity contribution in [2.45, 2.75) is 13.0 Å². The van der Waals surface area contributed by atoms with Gasteiger partial charge in [0.05, 0.1) is 12.2 Å². The van der Waals surface area contributed by atoms with Crippen LogP contribution in [0.2, 0.25) is 0 Å². The van der Waals surface area contributed by atoms with Crippen LogP contribution >= 0.6 is 15.9 Å². The Hall–Kier alpha value is -0.940. The van der Waals surface area contributed by atoms with Gasteiger partial charge in [0.1, 0.15) is 11.9 Å². The molecule has 0 heterocycles. The summed E-state index contributed by atoms with van der Waals surface area (Å²) in [6, 6.07) is 4.11. The number of rotatable bonds is 4. The molecule has 0 bridgehead atoms. The topological polar surface area (TPSA) is 35.5 Å². The van der Waals surface area contributed by atoms with E-state index in [0.29, 0.717) is 4.47 Å². The van der Waals surface area contributed by atoms with Crippen LogP contribution in [-0.2, 0) is 9.47 Å². The summed E-state index contributed by atoms with van der Waals surface area (Å²) in [5, 5.41) is 0. The Morgan fingerprint density at radius 3 is 2.88 bits per heavy atom. The van der Waals surface area contributed by atoms with Gasteiger partial charge in [-0.15, -0.1) is 0 Å². The SMILES string of the molecule is COC[C@H](C)OC(=O)c1cc(Br)ccc1F. The highest BCUT2D eigenvalue weighted by Gasteiger charge is 2.16. The molecule has 0 radical (unpaired) electrons. The fourth-order valence-corrected chi connectivity index (χ4v) is 1.53. The van der Waals surface area contributed by atoms with E-state index in [9.17, 15) is 9.18 Å². The number of carbonyl (C=O) groups is 1. The van der Waals surface area contributed by atoms with Crippen molar-refractivity contribution in [3.8, 4) is 0 Å².